The van der Waals surface area contributed by atoms with E-state index in [0.29, 0.717) is 11.6 Å². The van der Waals surface area contributed by atoms with Crippen molar-refractivity contribution >= 4 is 21.6 Å². The fourth-order valence-corrected chi connectivity index (χ4v) is 4.42. The van der Waals surface area contributed by atoms with Crippen LogP contribution in [0.3, 0.4) is 0 Å². The van der Waals surface area contributed by atoms with Crippen LogP contribution in [0, 0.1) is 0 Å². The van der Waals surface area contributed by atoms with E-state index in [1.807, 2.05) is 19.3 Å². The quantitative estimate of drug-likeness (QED) is 0.810. The molecule has 0 saturated carbocycles. The summed E-state index contributed by atoms with van der Waals surface area (Å²) in [5.74, 6) is 0. The zero-order valence-corrected chi connectivity index (χ0v) is 16.7. The molecule has 1 aliphatic heterocycles. The number of hydrogen-bond donors (Lipinski definition) is 1. The molecule has 1 unspecified atom stereocenters. The van der Waals surface area contributed by atoms with Gasteiger partial charge in [0.1, 0.15) is 0 Å². The van der Waals surface area contributed by atoms with Crippen LogP contribution in [0.25, 0.3) is 0 Å². The fraction of sp³-hybridized carbons (Fsp3) is 0.444. The average molecular weight is 397 g/mol. The molecule has 142 valence electrons. The summed E-state index contributed by atoms with van der Waals surface area (Å²) >= 11 is 5.86. The van der Waals surface area contributed by atoms with Gasteiger partial charge in [-0.05, 0) is 43.4 Å². The molecule has 1 aromatic carbocycles. The second-order valence-corrected chi connectivity index (χ2v) is 8.91. The highest BCUT2D eigenvalue weighted by Crippen LogP contribution is 2.23. The van der Waals surface area contributed by atoms with Gasteiger partial charge in [0.2, 0.25) is 10.0 Å². The molecule has 0 bridgehead atoms. The van der Waals surface area contributed by atoms with Gasteiger partial charge in [-0.3, -0.25) is 4.90 Å². The number of nitrogens with one attached hydrogen (secondary N) is 1. The lowest BCUT2D eigenvalue weighted by Crippen LogP contribution is -2.48. The van der Waals surface area contributed by atoms with E-state index in [1.54, 1.807) is 12.1 Å². The number of benzene rings is 1. The molecule has 0 aliphatic carbocycles. The zero-order valence-electron chi connectivity index (χ0n) is 15.1. The van der Waals surface area contributed by atoms with Gasteiger partial charge in [0.05, 0.1) is 10.9 Å². The van der Waals surface area contributed by atoms with E-state index in [2.05, 4.69) is 32.2 Å². The number of sulfonamides is 1. The summed E-state index contributed by atoms with van der Waals surface area (Å²) in [5, 5.41) is 0.517. The normalized spacial score (nSPS) is 18.1. The Kier molecular flexibility index (Phi) is 6.04. The van der Waals surface area contributed by atoms with Gasteiger partial charge in [-0.15, -0.1) is 0 Å². The number of halogens is 1. The molecule has 1 atom stereocenters. The van der Waals surface area contributed by atoms with Gasteiger partial charge in [-0.25, -0.2) is 13.1 Å². The lowest BCUT2D eigenvalue weighted by atomic mass is 10.1. The third kappa shape index (κ3) is 4.47. The van der Waals surface area contributed by atoms with Crippen LogP contribution in [-0.4, -0.2) is 62.6 Å². The predicted octanol–water partition coefficient (Wildman–Crippen LogP) is 1.95. The molecule has 0 spiro atoms. The third-order valence-corrected chi connectivity index (χ3v) is 6.59. The van der Waals surface area contributed by atoms with Crippen molar-refractivity contribution in [2.75, 3.05) is 39.8 Å². The number of hydrogen-bond acceptors (Lipinski definition) is 4. The first-order valence-corrected chi connectivity index (χ1v) is 10.5. The first-order chi connectivity index (χ1) is 12.4. The summed E-state index contributed by atoms with van der Waals surface area (Å²) in [6, 6.07) is 10.3. The molecule has 1 aliphatic rings. The molecule has 3 rings (SSSR count). The Balaban J connectivity index is 1.77. The van der Waals surface area contributed by atoms with Crippen molar-refractivity contribution in [3.8, 4) is 0 Å². The van der Waals surface area contributed by atoms with Crippen molar-refractivity contribution in [1.29, 1.82) is 0 Å². The Morgan fingerprint density at radius 1 is 1.08 bits per heavy atom. The van der Waals surface area contributed by atoms with Crippen molar-refractivity contribution in [2.24, 2.45) is 7.05 Å². The maximum atomic E-state index is 12.6. The molecule has 1 N–H and O–H groups in total. The maximum Gasteiger partial charge on any atom is 0.240 e. The largest absolute Gasteiger partial charge is 0.353 e. The molecule has 1 fully saturated rings. The number of aryl methyl sites for hydroxylation is 1. The van der Waals surface area contributed by atoms with E-state index in [9.17, 15) is 8.42 Å². The van der Waals surface area contributed by atoms with Crippen LogP contribution < -0.4 is 4.72 Å². The SMILES string of the molecule is CN1CCN(C(CNS(=O)(=O)c2ccc(Cl)cc2)c2cccn2C)CC1. The Bertz CT molecular complexity index is 827. The molecule has 6 nitrogen and oxygen atoms in total. The molecule has 1 saturated heterocycles. The first-order valence-electron chi connectivity index (χ1n) is 8.66. The Morgan fingerprint density at radius 2 is 1.73 bits per heavy atom. The topological polar surface area (TPSA) is 57.6 Å². The van der Waals surface area contributed by atoms with E-state index in [4.69, 9.17) is 11.6 Å². The first kappa shape index (κ1) is 19.4. The van der Waals surface area contributed by atoms with Crippen LogP contribution >= 0.6 is 11.6 Å². The molecular weight excluding hydrogens is 372 g/mol. The van der Waals surface area contributed by atoms with Crippen molar-refractivity contribution in [1.82, 2.24) is 19.1 Å². The number of aromatic nitrogens is 1. The van der Waals surface area contributed by atoms with Crippen molar-refractivity contribution in [3.05, 3.63) is 53.3 Å². The Hall–Kier alpha value is -1.38. The second-order valence-electron chi connectivity index (χ2n) is 6.70. The van der Waals surface area contributed by atoms with Crippen molar-refractivity contribution in [3.63, 3.8) is 0 Å². The lowest BCUT2D eigenvalue weighted by Gasteiger charge is -2.38. The van der Waals surface area contributed by atoms with Crippen molar-refractivity contribution in [2.45, 2.75) is 10.9 Å². The second kappa shape index (κ2) is 8.10. The van der Waals surface area contributed by atoms with Gasteiger partial charge in [0.25, 0.3) is 0 Å². The van der Waals surface area contributed by atoms with Gasteiger partial charge >= 0.3 is 0 Å². The predicted molar refractivity (Wildman–Crippen MR) is 104 cm³/mol. The number of rotatable bonds is 6. The summed E-state index contributed by atoms with van der Waals surface area (Å²) in [7, 11) is 0.521. The maximum absolute atomic E-state index is 12.6. The number of nitrogens with zero attached hydrogens (tertiary/aromatic N) is 3. The van der Waals surface area contributed by atoms with Gasteiger partial charge in [-0.1, -0.05) is 11.6 Å². The van der Waals surface area contributed by atoms with Gasteiger partial charge < -0.3 is 9.47 Å². The van der Waals surface area contributed by atoms with E-state index < -0.39 is 10.0 Å². The summed E-state index contributed by atoms with van der Waals surface area (Å²) in [6.07, 6.45) is 1.99. The van der Waals surface area contributed by atoms with Crippen LogP contribution in [0.5, 0.6) is 0 Å². The summed E-state index contributed by atoms with van der Waals surface area (Å²) in [5.41, 5.74) is 1.10. The number of piperazine rings is 1. The van der Waals surface area contributed by atoms with E-state index in [0.717, 1.165) is 31.9 Å². The molecule has 2 heterocycles. The summed E-state index contributed by atoms with van der Waals surface area (Å²) in [4.78, 5) is 4.86. The molecule has 0 amide bonds. The number of likely N-dealkylation sites (N-methyl/N-ethyl adjacent to an activating group) is 1. The van der Waals surface area contributed by atoms with E-state index in [1.165, 1.54) is 12.1 Å². The minimum absolute atomic E-state index is 0.00854. The van der Waals surface area contributed by atoms with E-state index in [-0.39, 0.29) is 10.9 Å². The van der Waals surface area contributed by atoms with Gasteiger partial charge in [0.15, 0.2) is 0 Å². The Labute approximate surface area is 160 Å². The zero-order chi connectivity index (χ0) is 18.7. The minimum atomic E-state index is -3.58. The lowest BCUT2D eigenvalue weighted by molar-refractivity contribution is 0.109. The smallest absolute Gasteiger partial charge is 0.240 e. The van der Waals surface area contributed by atoms with Gasteiger partial charge in [0, 0.05) is 56.7 Å². The third-order valence-electron chi connectivity index (χ3n) is 4.89. The highest BCUT2D eigenvalue weighted by atomic mass is 35.5. The van der Waals surface area contributed by atoms with E-state index >= 15 is 0 Å². The summed E-state index contributed by atoms with van der Waals surface area (Å²) < 4.78 is 30.1. The molecule has 26 heavy (non-hydrogen) atoms. The fourth-order valence-electron chi connectivity index (χ4n) is 3.26. The monoisotopic (exact) mass is 396 g/mol. The van der Waals surface area contributed by atoms with Gasteiger partial charge in [-0.2, -0.15) is 0 Å². The minimum Gasteiger partial charge on any atom is -0.353 e. The van der Waals surface area contributed by atoms with Crippen molar-refractivity contribution < 1.29 is 8.42 Å². The van der Waals surface area contributed by atoms with Crippen LogP contribution in [0.1, 0.15) is 11.7 Å². The standard InChI is InChI=1S/C18H25ClN4O2S/c1-21-10-12-23(13-11-21)18(17-4-3-9-22(17)2)14-20-26(24,25)16-7-5-15(19)6-8-16/h3-9,18,20H,10-14H2,1-2H3. The van der Waals surface area contributed by atoms with Crippen LogP contribution in [-0.2, 0) is 17.1 Å². The molecule has 0 radical (unpaired) electrons. The molecular formula is C18H25ClN4O2S. The van der Waals surface area contributed by atoms with Crippen LogP contribution in [0.15, 0.2) is 47.5 Å². The Morgan fingerprint density at radius 3 is 2.31 bits per heavy atom. The average Bonchev–Trinajstić information content (AvgIpc) is 3.03. The van der Waals surface area contributed by atoms with Crippen LogP contribution in [0.4, 0.5) is 0 Å². The molecule has 1 aromatic heterocycles. The van der Waals surface area contributed by atoms with Crippen LogP contribution in [0.2, 0.25) is 5.02 Å². The molecule has 2 aromatic rings. The molecule has 8 heteroatoms. The highest BCUT2D eigenvalue weighted by molar-refractivity contribution is 7.89. The highest BCUT2D eigenvalue weighted by Gasteiger charge is 2.27. The summed E-state index contributed by atoms with van der Waals surface area (Å²) in [6.45, 7) is 4.10.